The quantitative estimate of drug-likeness (QED) is 0.845. The Morgan fingerprint density at radius 3 is 2.94 bits per heavy atom. The minimum atomic E-state index is 0.437. The minimum absolute atomic E-state index is 0.437. The van der Waals surface area contributed by atoms with Gasteiger partial charge in [0.25, 0.3) is 0 Å². The molecule has 1 aliphatic carbocycles. The molecule has 0 aromatic carbocycles. The van der Waals surface area contributed by atoms with E-state index in [-0.39, 0.29) is 0 Å². The van der Waals surface area contributed by atoms with E-state index in [1.807, 2.05) is 0 Å². The molecule has 1 aromatic heterocycles. The maximum Gasteiger partial charge on any atom is 0.0555 e. The van der Waals surface area contributed by atoms with Gasteiger partial charge in [-0.1, -0.05) is 24.7 Å². The highest BCUT2D eigenvalue weighted by molar-refractivity contribution is 7.10. The van der Waals surface area contributed by atoms with Crippen LogP contribution >= 0.6 is 11.3 Å². The van der Waals surface area contributed by atoms with Crippen LogP contribution in [0.25, 0.3) is 0 Å². The number of rotatable bonds is 4. The molecule has 18 heavy (non-hydrogen) atoms. The number of thiophene rings is 1. The summed E-state index contributed by atoms with van der Waals surface area (Å²) in [6, 6.07) is 2.19. The van der Waals surface area contributed by atoms with Crippen LogP contribution in [0.1, 0.15) is 36.1 Å². The fourth-order valence-electron chi connectivity index (χ4n) is 2.65. The highest BCUT2D eigenvalue weighted by Gasteiger charge is 2.16. The van der Waals surface area contributed by atoms with E-state index in [1.54, 1.807) is 11.3 Å². The Hall–Kier alpha value is -0.820. The summed E-state index contributed by atoms with van der Waals surface area (Å²) in [5.41, 5.74) is 6.48. The van der Waals surface area contributed by atoms with Crippen molar-refractivity contribution in [1.82, 2.24) is 4.90 Å². The third kappa shape index (κ3) is 4.13. The standard InChI is InChI=1S/C15H22N2S/c1-17(10-13-5-2-3-6-13)11-15-9-14(12-18-15)7-4-8-16/h9,12-13H,2-3,5-6,8,10-11,16H2,1H3. The summed E-state index contributed by atoms with van der Waals surface area (Å²) in [5.74, 6) is 6.91. The molecule has 0 unspecified atom stereocenters. The molecule has 2 rings (SSSR count). The summed E-state index contributed by atoms with van der Waals surface area (Å²) in [7, 11) is 2.23. The summed E-state index contributed by atoms with van der Waals surface area (Å²) in [4.78, 5) is 3.85. The van der Waals surface area contributed by atoms with Crippen molar-refractivity contribution >= 4 is 11.3 Å². The minimum Gasteiger partial charge on any atom is -0.320 e. The largest absolute Gasteiger partial charge is 0.320 e. The van der Waals surface area contributed by atoms with Gasteiger partial charge in [0.15, 0.2) is 0 Å². The zero-order chi connectivity index (χ0) is 12.8. The second-order valence-electron chi connectivity index (χ2n) is 5.15. The van der Waals surface area contributed by atoms with E-state index in [1.165, 1.54) is 37.1 Å². The van der Waals surface area contributed by atoms with E-state index in [4.69, 9.17) is 5.73 Å². The van der Waals surface area contributed by atoms with Crippen LogP contribution in [0.15, 0.2) is 11.4 Å². The Morgan fingerprint density at radius 2 is 2.22 bits per heavy atom. The van der Waals surface area contributed by atoms with E-state index in [9.17, 15) is 0 Å². The van der Waals surface area contributed by atoms with Gasteiger partial charge in [-0.15, -0.1) is 11.3 Å². The molecule has 0 radical (unpaired) electrons. The van der Waals surface area contributed by atoms with Gasteiger partial charge < -0.3 is 10.6 Å². The Morgan fingerprint density at radius 1 is 1.44 bits per heavy atom. The first-order chi connectivity index (χ1) is 8.78. The lowest BCUT2D eigenvalue weighted by atomic mass is 10.1. The van der Waals surface area contributed by atoms with Gasteiger partial charge in [-0.3, -0.25) is 0 Å². The van der Waals surface area contributed by atoms with Crippen molar-refractivity contribution in [2.75, 3.05) is 20.1 Å². The lowest BCUT2D eigenvalue weighted by Gasteiger charge is -2.19. The normalized spacial score (nSPS) is 15.9. The molecule has 0 saturated heterocycles. The smallest absolute Gasteiger partial charge is 0.0555 e. The summed E-state index contributed by atoms with van der Waals surface area (Å²) >= 11 is 1.80. The second kappa shape index (κ2) is 6.94. The van der Waals surface area contributed by atoms with Crippen molar-refractivity contribution in [1.29, 1.82) is 0 Å². The molecule has 3 heteroatoms. The zero-order valence-corrected chi connectivity index (χ0v) is 11.9. The summed E-state index contributed by atoms with van der Waals surface area (Å²) in [6.07, 6.45) is 5.69. The number of hydrogen-bond acceptors (Lipinski definition) is 3. The summed E-state index contributed by atoms with van der Waals surface area (Å²) < 4.78 is 0. The Bertz CT molecular complexity index is 421. The van der Waals surface area contributed by atoms with Crippen LogP contribution in [0.5, 0.6) is 0 Å². The van der Waals surface area contributed by atoms with Crippen LogP contribution in [0.2, 0.25) is 0 Å². The number of nitrogens with zero attached hydrogens (tertiary/aromatic N) is 1. The van der Waals surface area contributed by atoms with Gasteiger partial charge in [-0.25, -0.2) is 0 Å². The molecular formula is C15H22N2S. The third-order valence-electron chi connectivity index (χ3n) is 3.46. The molecule has 1 saturated carbocycles. The fraction of sp³-hybridized carbons (Fsp3) is 0.600. The molecule has 0 spiro atoms. The predicted octanol–water partition coefficient (Wildman–Crippen LogP) is 2.68. The van der Waals surface area contributed by atoms with E-state index >= 15 is 0 Å². The first-order valence-electron chi connectivity index (χ1n) is 6.73. The SMILES string of the molecule is CN(Cc1cc(C#CCN)cs1)CC1CCCC1. The zero-order valence-electron chi connectivity index (χ0n) is 11.1. The molecule has 98 valence electrons. The fourth-order valence-corrected chi connectivity index (χ4v) is 3.54. The average Bonchev–Trinajstić information content (AvgIpc) is 2.98. The third-order valence-corrected chi connectivity index (χ3v) is 4.38. The molecule has 1 fully saturated rings. The maximum absolute atomic E-state index is 5.38. The van der Waals surface area contributed by atoms with E-state index in [0.29, 0.717) is 6.54 Å². The molecule has 2 nitrogen and oxygen atoms in total. The van der Waals surface area contributed by atoms with Crippen molar-refractivity contribution in [3.63, 3.8) is 0 Å². The van der Waals surface area contributed by atoms with E-state index in [0.717, 1.165) is 18.0 Å². The molecule has 0 aliphatic heterocycles. The van der Waals surface area contributed by atoms with Gasteiger partial charge in [0.2, 0.25) is 0 Å². The molecule has 0 bridgehead atoms. The van der Waals surface area contributed by atoms with Gasteiger partial charge in [0.05, 0.1) is 6.54 Å². The van der Waals surface area contributed by atoms with Crippen LogP contribution in [0, 0.1) is 17.8 Å². The van der Waals surface area contributed by atoms with Crippen molar-refractivity contribution in [2.45, 2.75) is 32.2 Å². The van der Waals surface area contributed by atoms with Gasteiger partial charge >= 0.3 is 0 Å². The molecule has 1 aliphatic rings. The molecule has 0 atom stereocenters. The molecule has 1 heterocycles. The highest BCUT2D eigenvalue weighted by atomic mass is 32.1. The first-order valence-corrected chi connectivity index (χ1v) is 7.61. The van der Waals surface area contributed by atoms with E-state index < -0.39 is 0 Å². The molecular weight excluding hydrogens is 240 g/mol. The Labute approximate surface area is 114 Å². The number of nitrogens with two attached hydrogens (primary N) is 1. The van der Waals surface area contributed by atoms with Crippen LogP contribution < -0.4 is 5.73 Å². The summed E-state index contributed by atoms with van der Waals surface area (Å²) in [6.45, 7) is 2.72. The van der Waals surface area contributed by atoms with E-state index in [2.05, 4.69) is 35.2 Å². The average molecular weight is 262 g/mol. The van der Waals surface area contributed by atoms with Crippen LogP contribution in [0.4, 0.5) is 0 Å². The van der Waals surface area contributed by atoms with Crippen molar-refractivity contribution < 1.29 is 0 Å². The van der Waals surface area contributed by atoms with Crippen molar-refractivity contribution in [3.05, 3.63) is 21.9 Å². The van der Waals surface area contributed by atoms with Gasteiger partial charge in [-0.05, 0) is 31.9 Å². The highest BCUT2D eigenvalue weighted by Crippen LogP contribution is 2.26. The topological polar surface area (TPSA) is 29.3 Å². The molecule has 2 N–H and O–H groups in total. The van der Waals surface area contributed by atoms with Crippen molar-refractivity contribution in [3.8, 4) is 11.8 Å². The Kier molecular flexibility index (Phi) is 5.25. The molecule has 0 amide bonds. The van der Waals surface area contributed by atoms with Crippen LogP contribution in [-0.4, -0.2) is 25.0 Å². The van der Waals surface area contributed by atoms with Crippen LogP contribution in [-0.2, 0) is 6.54 Å². The first kappa shape index (κ1) is 13.6. The maximum atomic E-state index is 5.38. The Balaban J connectivity index is 1.82. The summed E-state index contributed by atoms with van der Waals surface area (Å²) in [5, 5.41) is 2.13. The van der Waals surface area contributed by atoms with Gasteiger partial charge in [0.1, 0.15) is 0 Å². The monoisotopic (exact) mass is 262 g/mol. The molecule has 1 aromatic rings. The second-order valence-corrected chi connectivity index (χ2v) is 6.15. The van der Waals surface area contributed by atoms with Gasteiger partial charge in [0, 0.05) is 28.9 Å². The van der Waals surface area contributed by atoms with Gasteiger partial charge in [-0.2, -0.15) is 0 Å². The lowest BCUT2D eigenvalue weighted by molar-refractivity contribution is 0.273. The van der Waals surface area contributed by atoms with Crippen LogP contribution in [0.3, 0.4) is 0 Å². The predicted molar refractivity (Wildman–Crippen MR) is 78.5 cm³/mol. The lowest BCUT2D eigenvalue weighted by Crippen LogP contribution is -2.23. The van der Waals surface area contributed by atoms with Crippen molar-refractivity contribution in [2.24, 2.45) is 11.7 Å². The number of hydrogen-bond donors (Lipinski definition) is 1.